The fraction of sp³-hybridized carbons (Fsp3) is 0.296. The molecular weight excluding hydrogens is 458 g/mol. The number of tetrazole rings is 1. The van der Waals surface area contributed by atoms with Crippen LogP contribution in [0.1, 0.15) is 11.6 Å². The first-order valence-corrected chi connectivity index (χ1v) is 12.2. The first kappa shape index (κ1) is 21.5. The third kappa shape index (κ3) is 3.81. The summed E-state index contributed by atoms with van der Waals surface area (Å²) in [6.45, 7) is 2.24. The Morgan fingerprint density at radius 3 is 2.47 bits per heavy atom. The molecule has 3 aliphatic rings. The summed E-state index contributed by atoms with van der Waals surface area (Å²) in [4.78, 5) is 0. The van der Waals surface area contributed by atoms with Gasteiger partial charge in [-0.25, -0.2) is 4.68 Å². The molecule has 1 aromatic heterocycles. The van der Waals surface area contributed by atoms with Gasteiger partial charge in [0, 0.05) is 11.1 Å². The summed E-state index contributed by atoms with van der Waals surface area (Å²) in [5, 5.41) is 14.8. The highest BCUT2D eigenvalue weighted by Gasteiger charge is 2.51. The van der Waals surface area contributed by atoms with E-state index in [0.717, 1.165) is 17.9 Å². The topological polar surface area (TPSA) is 97.1 Å². The molecule has 9 heteroatoms. The molecule has 0 aliphatic carbocycles. The van der Waals surface area contributed by atoms with E-state index in [-0.39, 0.29) is 31.1 Å². The summed E-state index contributed by atoms with van der Waals surface area (Å²) in [6, 6.07) is 25.1. The van der Waals surface area contributed by atoms with E-state index < -0.39 is 0 Å². The smallest absolute Gasteiger partial charge is 0.231 e. The molecule has 2 N–H and O–H groups in total. The zero-order valence-corrected chi connectivity index (χ0v) is 19.6. The molecule has 0 unspecified atom stereocenters. The van der Waals surface area contributed by atoms with Crippen molar-refractivity contribution in [1.29, 1.82) is 0 Å². The average molecular weight is 485 g/mol. The molecule has 4 aromatic rings. The number of ether oxygens (including phenoxy) is 4. The molecule has 3 aromatic carbocycles. The van der Waals surface area contributed by atoms with Crippen molar-refractivity contribution in [3.05, 3.63) is 78.4 Å². The quantitative estimate of drug-likeness (QED) is 0.448. The van der Waals surface area contributed by atoms with Gasteiger partial charge in [0.05, 0.1) is 6.61 Å². The van der Waals surface area contributed by atoms with E-state index >= 15 is 0 Å². The van der Waals surface area contributed by atoms with Crippen molar-refractivity contribution in [2.24, 2.45) is 0 Å². The summed E-state index contributed by atoms with van der Waals surface area (Å²) in [7, 11) is 0. The first-order valence-electron chi connectivity index (χ1n) is 12.2. The Balaban J connectivity index is 1.02. The minimum absolute atomic E-state index is 0.00704. The number of aromatic nitrogens is 4. The maximum Gasteiger partial charge on any atom is 0.231 e. The highest BCUT2D eigenvalue weighted by atomic mass is 16.7. The van der Waals surface area contributed by atoms with Crippen molar-refractivity contribution >= 4 is 0 Å². The highest BCUT2D eigenvalue weighted by molar-refractivity contribution is 5.63. The van der Waals surface area contributed by atoms with Gasteiger partial charge in [-0.15, -0.1) is 5.10 Å². The predicted octanol–water partition coefficient (Wildman–Crippen LogP) is 2.21. The largest absolute Gasteiger partial charge is 0.454 e. The molecule has 3 aliphatic heterocycles. The Bertz CT molecular complexity index is 1360. The van der Waals surface area contributed by atoms with Crippen LogP contribution in [-0.2, 0) is 16.0 Å². The monoisotopic (exact) mass is 484 g/mol. The van der Waals surface area contributed by atoms with Crippen LogP contribution in [0.5, 0.6) is 11.5 Å². The Labute approximate surface area is 207 Å². The van der Waals surface area contributed by atoms with Crippen LogP contribution in [0.15, 0.2) is 72.8 Å². The number of hydrogen-bond acceptors (Lipinski definition) is 7. The molecule has 2 fully saturated rings. The molecule has 182 valence electrons. The van der Waals surface area contributed by atoms with Crippen LogP contribution in [0.4, 0.5) is 0 Å². The lowest BCUT2D eigenvalue weighted by molar-refractivity contribution is -0.707. The Morgan fingerprint density at radius 1 is 0.806 bits per heavy atom. The zero-order valence-electron chi connectivity index (χ0n) is 19.6. The van der Waals surface area contributed by atoms with Crippen molar-refractivity contribution in [2.75, 3.05) is 20.0 Å². The van der Waals surface area contributed by atoms with Crippen LogP contribution in [0.3, 0.4) is 0 Å². The van der Waals surface area contributed by atoms with E-state index in [2.05, 4.69) is 69.4 Å². The van der Waals surface area contributed by atoms with E-state index in [9.17, 15) is 0 Å². The van der Waals surface area contributed by atoms with Gasteiger partial charge in [-0.05, 0) is 39.8 Å². The van der Waals surface area contributed by atoms with Crippen LogP contribution >= 0.6 is 0 Å². The maximum atomic E-state index is 6.24. The van der Waals surface area contributed by atoms with Crippen LogP contribution in [-0.4, -0.2) is 58.5 Å². The van der Waals surface area contributed by atoms with Crippen molar-refractivity contribution in [2.45, 2.75) is 30.8 Å². The van der Waals surface area contributed by atoms with Crippen molar-refractivity contribution in [1.82, 2.24) is 20.2 Å². The van der Waals surface area contributed by atoms with Gasteiger partial charge in [0.1, 0.15) is 37.4 Å². The summed E-state index contributed by atoms with van der Waals surface area (Å²) in [6.07, 6.45) is -0.102. The second-order valence-corrected chi connectivity index (χ2v) is 9.34. The van der Waals surface area contributed by atoms with Gasteiger partial charge in [0.25, 0.3) is 0 Å². The molecule has 4 atom stereocenters. The summed E-state index contributed by atoms with van der Waals surface area (Å²) < 4.78 is 25.3. The molecule has 0 radical (unpaired) electrons. The molecule has 2 saturated heterocycles. The predicted molar refractivity (Wildman–Crippen MR) is 129 cm³/mol. The first-order chi connectivity index (χ1) is 17.8. The number of fused-ring (bicyclic) bond motifs is 2. The average Bonchev–Trinajstić information content (AvgIpc) is 3.72. The SMILES string of the molecule is c1ccc(-c2ccc(C[NH2+][C@H]3CO[C@H]4[C@@H]3OC[C@@H]4n3nnnc3-c3ccc4c(c3)OCO4)cc2)cc1. The minimum Gasteiger partial charge on any atom is -0.454 e. The lowest BCUT2D eigenvalue weighted by Crippen LogP contribution is -2.91. The van der Waals surface area contributed by atoms with Gasteiger partial charge in [-0.1, -0.05) is 54.6 Å². The zero-order chi connectivity index (χ0) is 23.9. The summed E-state index contributed by atoms with van der Waals surface area (Å²) >= 11 is 0. The maximum absolute atomic E-state index is 6.24. The lowest BCUT2D eigenvalue weighted by atomic mass is 10.0. The van der Waals surface area contributed by atoms with E-state index in [1.54, 1.807) is 0 Å². The molecule has 0 amide bonds. The van der Waals surface area contributed by atoms with Crippen LogP contribution < -0.4 is 14.8 Å². The Morgan fingerprint density at radius 2 is 1.58 bits per heavy atom. The standard InChI is InChI=1S/C27H25N5O4/c1-2-4-18(5-3-1)19-8-6-17(7-9-19)13-28-21-14-33-26-22(15-34-25(21)26)32-27(29-30-31-32)20-10-11-23-24(12-20)36-16-35-23/h1-12,21-22,25-26,28H,13-16H2/p+1/t21-,22-,25+,26+/m0/s1. The normalized spacial score (nSPS) is 24.2. The number of rotatable bonds is 6. The van der Waals surface area contributed by atoms with Crippen molar-refractivity contribution in [3.63, 3.8) is 0 Å². The number of nitrogens with zero attached hydrogens (tertiary/aromatic N) is 4. The van der Waals surface area contributed by atoms with E-state index in [1.165, 1.54) is 16.7 Å². The van der Waals surface area contributed by atoms with E-state index in [4.69, 9.17) is 18.9 Å². The molecule has 4 heterocycles. The highest BCUT2D eigenvalue weighted by Crippen LogP contribution is 2.38. The fourth-order valence-electron chi connectivity index (χ4n) is 5.31. The number of nitrogens with two attached hydrogens (primary N) is 1. The summed E-state index contributed by atoms with van der Waals surface area (Å²) in [5.74, 6) is 2.09. The Hall–Kier alpha value is -3.79. The third-order valence-corrected chi connectivity index (χ3v) is 7.22. The number of benzene rings is 3. The number of hydrogen-bond donors (Lipinski definition) is 1. The van der Waals surface area contributed by atoms with E-state index in [1.807, 2.05) is 28.9 Å². The van der Waals surface area contributed by atoms with Crippen LogP contribution in [0.2, 0.25) is 0 Å². The van der Waals surface area contributed by atoms with E-state index in [0.29, 0.717) is 24.8 Å². The van der Waals surface area contributed by atoms with Crippen molar-refractivity contribution in [3.8, 4) is 34.0 Å². The minimum atomic E-state index is -0.0945. The molecular formula is C27H26N5O4+. The van der Waals surface area contributed by atoms with Gasteiger partial charge >= 0.3 is 0 Å². The van der Waals surface area contributed by atoms with Gasteiger partial charge in [0.2, 0.25) is 6.79 Å². The molecule has 7 rings (SSSR count). The van der Waals surface area contributed by atoms with Gasteiger partial charge in [-0.3, -0.25) is 0 Å². The number of quaternary nitrogens is 1. The second-order valence-electron chi connectivity index (χ2n) is 9.34. The van der Waals surface area contributed by atoms with Crippen LogP contribution in [0.25, 0.3) is 22.5 Å². The lowest BCUT2D eigenvalue weighted by Gasteiger charge is -2.17. The van der Waals surface area contributed by atoms with Gasteiger partial charge in [0.15, 0.2) is 17.3 Å². The van der Waals surface area contributed by atoms with Gasteiger partial charge < -0.3 is 24.3 Å². The molecule has 0 bridgehead atoms. The molecule has 9 nitrogen and oxygen atoms in total. The van der Waals surface area contributed by atoms with Gasteiger partial charge in [-0.2, -0.15) is 0 Å². The van der Waals surface area contributed by atoms with Crippen LogP contribution in [0, 0.1) is 0 Å². The summed E-state index contributed by atoms with van der Waals surface area (Å²) in [5.41, 5.74) is 4.60. The molecule has 36 heavy (non-hydrogen) atoms. The molecule has 0 spiro atoms. The Kier molecular flexibility index (Phi) is 5.38. The fourth-order valence-corrected chi connectivity index (χ4v) is 5.31. The molecule has 0 saturated carbocycles. The van der Waals surface area contributed by atoms with Crippen molar-refractivity contribution < 1.29 is 24.3 Å². The third-order valence-electron chi connectivity index (χ3n) is 7.22. The second kappa shape index (κ2) is 9.02.